The Morgan fingerprint density at radius 3 is 1.92 bits per heavy atom. The fourth-order valence-electron chi connectivity index (χ4n) is 2.33. The first kappa shape index (κ1) is 23.6. The van der Waals surface area contributed by atoms with E-state index < -0.39 is 34.9 Å². The number of thioether (sulfide) groups is 2. The summed E-state index contributed by atoms with van der Waals surface area (Å²) in [6.45, 7) is 9.56. The molecule has 1 aliphatic rings. The van der Waals surface area contributed by atoms with Crippen LogP contribution < -0.4 is 0 Å². The molecule has 26 heavy (non-hydrogen) atoms. The Labute approximate surface area is 163 Å². The van der Waals surface area contributed by atoms with Crippen molar-refractivity contribution < 1.29 is 32.7 Å². The molecule has 0 aromatic rings. The topological polar surface area (TPSA) is 88.1 Å². The highest BCUT2D eigenvalue weighted by atomic mass is 32.2. The molecule has 0 saturated carbocycles. The van der Waals surface area contributed by atoms with Crippen molar-refractivity contribution in [2.24, 2.45) is 0 Å². The molecular weight excluding hydrogens is 399 g/mol. The highest BCUT2D eigenvalue weighted by Crippen LogP contribution is 2.73. The standard InChI is InChI=1S/C16H27O7PS2/c1-10(2)22-24(19,23-11(3)4)16(25-7)14(20-12(5)17)8-9-15(26-16)21-13(6)18/h8-11,14-15H,1-7H3/t14-,15-,16-/m0/s1. The summed E-state index contributed by atoms with van der Waals surface area (Å²) >= 11 is 2.29. The van der Waals surface area contributed by atoms with E-state index in [2.05, 4.69) is 0 Å². The maximum Gasteiger partial charge on any atom is 0.361 e. The smallest absolute Gasteiger partial charge is 0.361 e. The molecule has 0 unspecified atom stereocenters. The minimum Gasteiger partial charge on any atom is -0.455 e. The molecule has 0 N–H and O–H groups in total. The lowest BCUT2D eigenvalue weighted by molar-refractivity contribution is -0.145. The molecule has 1 rings (SSSR count). The van der Waals surface area contributed by atoms with E-state index in [1.807, 2.05) is 0 Å². The highest BCUT2D eigenvalue weighted by Gasteiger charge is 2.61. The second kappa shape index (κ2) is 9.64. The van der Waals surface area contributed by atoms with Crippen molar-refractivity contribution in [2.45, 2.75) is 69.1 Å². The van der Waals surface area contributed by atoms with Gasteiger partial charge >= 0.3 is 19.5 Å². The van der Waals surface area contributed by atoms with Gasteiger partial charge in [-0.15, -0.1) is 11.8 Å². The Kier molecular flexibility index (Phi) is 8.74. The second-order valence-electron chi connectivity index (χ2n) is 6.15. The van der Waals surface area contributed by atoms with Crippen LogP contribution in [0.1, 0.15) is 41.5 Å². The van der Waals surface area contributed by atoms with E-state index in [9.17, 15) is 14.2 Å². The average Bonchev–Trinajstić information content (AvgIpc) is 2.45. The predicted molar refractivity (Wildman–Crippen MR) is 104 cm³/mol. The molecule has 0 aliphatic carbocycles. The van der Waals surface area contributed by atoms with E-state index >= 15 is 0 Å². The molecule has 1 aliphatic heterocycles. The van der Waals surface area contributed by atoms with Crippen LogP contribution in [0.2, 0.25) is 0 Å². The number of carbonyl (C=O) groups is 2. The minimum atomic E-state index is -3.82. The van der Waals surface area contributed by atoms with Crippen LogP contribution in [0, 0.1) is 0 Å². The van der Waals surface area contributed by atoms with Crippen molar-refractivity contribution in [1.82, 2.24) is 0 Å². The van der Waals surface area contributed by atoms with Gasteiger partial charge in [0.2, 0.25) is 3.82 Å². The first-order valence-electron chi connectivity index (χ1n) is 8.18. The van der Waals surface area contributed by atoms with E-state index in [4.69, 9.17) is 18.5 Å². The summed E-state index contributed by atoms with van der Waals surface area (Å²) in [4.78, 5) is 23.0. The second-order valence-corrected chi connectivity index (χ2v) is 11.5. The van der Waals surface area contributed by atoms with Crippen molar-refractivity contribution in [1.29, 1.82) is 0 Å². The highest BCUT2D eigenvalue weighted by molar-refractivity contribution is 8.25. The lowest BCUT2D eigenvalue weighted by Gasteiger charge is -2.44. The van der Waals surface area contributed by atoms with Gasteiger partial charge in [0.05, 0.1) is 12.2 Å². The van der Waals surface area contributed by atoms with Crippen molar-refractivity contribution in [2.75, 3.05) is 6.26 Å². The Bertz CT molecular complexity index is 579. The molecule has 0 radical (unpaired) electrons. The molecule has 3 atom stereocenters. The largest absolute Gasteiger partial charge is 0.455 e. The molecule has 0 fully saturated rings. The zero-order chi connectivity index (χ0) is 20.1. The van der Waals surface area contributed by atoms with Gasteiger partial charge in [0.1, 0.15) is 0 Å². The number of esters is 2. The SMILES string of the molecule is CS[C@]1(P(=O)(OC(C)C)OC(C)C)S[C@H](OC(C)=O)C=C[C@@H]1OC(C)=O. The number of rotatable bonds is 8. The number of carbonyl (C=O) groups excluding carboxylic acids is 2. The molecule has 0 aromatic heterocycles. The number of hydrogen-bond donors (Lipinski definition) is 0. The van der Waals surface area contributed by atoms with E-state index in [0.29, 0.717) is 0 Å². The Hall–Kier alpha value is -0.470. The summed E-state index contributed by atoms with van der Waals surface area (Å²) in [5.74, 6) is -0.997. The molecule has 0 bridgehead atoms. The first-order valence-corrected chi connectivity index (χ1v) is 11.8. The third kappa shape index (κ3) is 5.76. The van der Waals surface area contributed by atoms with Crippen LogP contribution in [0.15, 0.2) is 12.2 Å². The third-order valence-corrected chi connectivity index (χ3v) is 10.3. The summed E-state index contributed by atoms with van der Waals surface area (Å²) < 4.78 is 34.8. The molecule has 7 nitrogen and oxygen atoms in total. The Balaban J connectivity index is 3.46. The van der Waals surface area contributed by atoms with Crippen molar-refractivity contribution in [3.63, 3.8) is 0 Å². The molecule has 0 aromatic carbocycles. The molecule has 10 heteroatoms. The van der Waals surface area contributed by atoms with Gasteiger partial charge in [-0.1, -0.05) is 11.8 Å². The number of hydrogen-bond acceptors (Lipinski definition) is 9. The van der Waals surface area contributed by atoms with Crippen molar-refractivity contribution >= 4 is 43.1 Å². The molecule has 150 valence electrons. The average molecular weight is 426 g/mol. The zero-order valence-electron chi connectivity index (χ0n) is 16.1. The van der Waals surface area contributed by atoms with Gasteiger partial charge in [-0.25, -0.2) is 0 Å². The van der Waals surface area contributed by atoms with E-state index in [1.54, 1.807) is 46.1 Å². The van der Waals surface area contributed by atoms with Gasteiger partial charge in [0.15, 0.2) is 11.5 Å². The van der Waals surface area contributed by atoms with Crippen LogP contribution in [0.4, 0.5) is 0 Å². The quantitative estimate of drug-likeness (QED) is 0.322. The third-order valence-electron chi connectivity index (χ3n) is 3.04. The maximum atomic E-state index is 13.9. The summed E-state index contributed by atoms with van der Waals surface area (Å²) in [5.41, 5.74) is -0.702. The summed E-state index contributed by atoms with van der Waals surface area (Å²) in [7, 11) is -3.82. The molecule has 1 heterocycles. The molecule has 0 saturated heterocycles. The minimum absolute atomic E-state index is 0.389. The van der Waals surface area contributed by atoms with Gasteiger partial charge in [0, 0.05) is 13.8 Å². The lowest BCUT2D eigenvalue weighted by atomic mass is 10.3. The fraction of sp³-hybridized carbons (Fsp3) is 0.750. The maximum absolute atomic E-state index is 13.9. The Morgan fingerprint density at radius 2 is 1.54 bits per heavy atom. The van der Waals surface area contributed by atoms with Crippen LogP contribution >= 0.6 is 31.1 Å². The normalized spacial score (nSPS) is 26.2. The van der Waals surface area contributed by atoms with Crippen LogP contribution in [0.3, 0.4) is 0 Å². The van der Waals surface area contributed by atoms with Gasteiger partial charge in [-0.2, -0.15) is 0 Å². The predicted octanol–water partition coefficient (Wildman–Crippen LogP) is 4.17. The number of ether oxygens (including phenoxy) is 2. The van der Waals surface area contributed by atoms with Crippen LogP contribution in [0.25, 0.3) is 0 Å². The van der Waals surface area contributed by atoms with Gasteiger partial charge in [-0.3, -0.25) is 14.2 Å². The van der Waals surface area contributed by atoms with Crippen molar-refractivity contribution in [3.05, 3.63) is 12.2 Å². The monoisotopic (exact) mass is 426 g/mol. The van der Waals surface area contributed by atoms with E-state index in [0.717, 1.165) is 11.8 Å². The molecule has 0 spiro atoms. The fourth-order valence-corrected chi connectivity index (χ4v) is 8.45. The van der Waals surface area contributed by atoms with Gasteiger partial charge in [-0.05, 0) is 46.1 Å². The summed E-state index contributed by atoms with van der Waals surface area (Å²) in [6, 6.07) is 0. The van der Waals surface area contributed by atoms with Gasteiger partial charge < -0.3 is 18.5 Å². The van der Waals surface area contributed by atoms with Gasteiger partial charge in [0.25, 0.3) is 0 Å². The lowest BCUT2D eigenvalue weighted by Crippen LogP contribution is -2.44. The first-order chi connectivity index (χ1) is 12.0. The summed E-state index contributed by atoms with van der Waals surface area (Å²) in [5, 5.41) is 0. The van der Waals surface area contributed by atoms with E-state index in [-0.39, 0.29) is 12.2 Å². The molecular formula is C16H27O7PS2. The molecule has 0 amide bonds. The van der Waals surface area contributed by atoms with Crippen LogP contribution in [-0.4, -0.2) is 45.8 Å². The summed E-state index contributed by atoms with van der Waals surface area (Å²) in [6.07, 6.45) is 3.24. The van der Waals surface area contributed by atoms with Crippen molar-refractivity contribution in [3.8, 4) is 0 Å². The van der Waals surface area contributed by atoms with Crippen LogP contribution in [-0.2, 0) is 32.7 Å². The van der Waals surface area contributed by atoms with Crippen LogP contribution in [0.5, 0.6) is 0 Å². The van der Waals surface area contributed by atoms with E-state index in [1.165, 1.54) is 25.6 Å². The Morgan fingerprint density at radius 1 is 1.04 bits per heavy atom. The zero-order valence-corrected chi connectivity index (χ0v) is 18.6.